The van der Waals surface area contributed by atoms with E-state index in [1.54, 1.807) is 12.1 Å². The van der Waals surface area contributed by atoms with Crippen LogP contribution in [-0.4, -0.2) is 28.7 Å². The summed E-state index contributed by atoms with van der Waals surface area (Å²) in [6.07, 6.45) is 1.64. The number of rotatable bonds is 4. The molecule has 1 heterocycles. The third-order valence-corrected chi connectivity index (χ3v) is 3.65. The van der Waals surface area contributed by atoms with Crippen molar-refractivity contribution < 1.29 is 10.0 Å². The first-order valence-electron chi connectivity index (χ1n) is 5.86. The number of nitro benzene ring substituents is 1. The molecule has 0 aromatic heterocycles. The number of β-amino-alcohol motifs (C(OH)–C–C–N with tert-alkyl or cyclic N) is 1. The molecule has 1 saturated heterocycles. The molecule has 0 radical (unpaired) electrons. The largest absolute Gasteiger partial charge is 0.386 e. The van der Waals surface area contributed by atoms with E-state index >= 15 is 0 Å². The maximum absolute atomic E-state index is 11.0. The summed E-state index contributed by atoms with van der Waals surface area (Å²) in [4.78, 5) is 12.4. The average Bonchev–Trinajstić information content (AvgIpc) is 2.25. The zero-order valence-electron chi connectivity index (χ0n) is 10.1. The van der Waals surface area contributed by atoms with Gasteiger partial charge in [0, 0.05) is 23.6 Å². The highest BCUT2D eigenvalue weighted by molar-refractivity contribution is 9.10. The molecule has 2 rings (SSSR count). The van der Waals surface area contributed by atoms with E-state index in [1.165, 1.54) is 6.07 Å². The first kappa shape index (κ1) is 13.3. The molecule has 1 aliphatic rings. The van der Waals surface area contributed by atoms with Crippen molar-refractivity contribution in [1.29, 1.82) is 0 Å². The Kier molecular flexibility index (Phi) is 3.59. The number of nitro groups is 1. The Hall–Kier alpha value is -1.14. The normalized spacial score (nSPS) is 17.4. The Morgan fingerprint density at radius 1 is 1.56 bits per heavy atom. The van der Waals surface area contributed by atoms with Gasteiger partial charge in [0.1, 0.15) is 5.69 Å². The molecule has 0 atom stereocenters. The van der Waals surface area contributed by atoms with Crippen LogP contribution >= 0.6 is 15.9 Å². The van der Waals surface area contributed by atoms with Crippen molar-refractivity contribution in [3.8, 4) is 0 Å². The van der Waals surface area contributed by atoms with Crippen molar-refractivity contribution in [1.82, 2.24) is 0 Å². The molecule has 1 aliphatic heterocycles. The molecule has 0 bridgehead atoms. The molecule has 1 aromatic rings. The summed E-state index contributed by atoms with van der Waals surface area (Å²) in [5, 5.41) is 21.1. The molecule has 98 valence electrons. The second-order valence-corrected chi connectivity index (χ2v) is 5.64. The average molecular weight is 315 g/mol. The number of hydrogen-bond acceptors (Lipinski definition) is 4. The molecule has 1 aromatic carbocycles. The lowest BCUT2D eigenvalue weighted by Crippen LogP contribution is -2.62. The molecule has 6 heteroatoms. The molecule has 0 unspecified atom stereocenters. The van der Waals surface area contributed by atoms with Crippen LogP contribution in [0.15, 0.2) is 22.7 Å². The molecule has 1 fully saturated rings. The highest BCUT2D eigenvalue weighted by Crippen LogP contribution is 2.37. The molecule has 5 nitrogen and oxygen atoms in total. The molecular formula is C12H15BrN2O3. The predicted octanol–water partition coefficient (Wildman–Crippen LogP) is 2.71. The quantitative estimate of drug-likeness (QED) is 0.685. The Morgan fingerprint density at radius 2 is 2.22 bits per heavy atom. The van der Waals surface area contributed by atoms with E-state index in [2.05, 4.69) is 15.9 Å². The Bertz CT molecular complexity index is 472. The van der Waals surface area contributed by atoms with Crippen LogP contribution in [0.2, 0.25) is 0 Å². The Morgan fingerprint density at radius 3 is 2.78 bits per heavy atom. The van der Waals surface area contributed by atoms with Gasteiger partial charge in [0.2, 0.25) is 0 Å². The van der Waals surface area contributed by atoms with Crippen molar-refractivity contribution in [2.45, 2.75) is 25.4 Å². The van der Waals surface area contributed by atoms with Crippen molar-refractivity contribution in [3.63, 3.8) is 0 Å². The summed E-state index contributed by atoms with van der Waals surface area (Å²) >= 11 is 3.31. The van der Waals surface area contributed by atoms with Gasteiger partial charge in [-0.3, -0.25) is 10.1 Å². The summed E-state index contributed by atoms with van der Waals surface area (Å²) in [6.45, 7) is 2.93. The number of hydrogen-bond donors (Lipinski definition) is 1. The van der Waals surface area contributed by atoms with Crippen LogP contribution in [0.25, 0.3) is 0 Å². The topological polar surface area (TPSA) is 66.6 Å². The Labute approximate surface area is 114 Å². The number of anilines is 1. The second kappa shape index (κ2) is 4.85. The first-order chi connectivity index (χ1) is 8.45. The fourth-order valence-corrected chi connectivity index (χ4v) is 2.71. The smallest absolute Gasteiger partial charge is 0.292 e. The fourth-order valence-electron chi connectivity index (χ4n) is 2.36. The number of halogens is 1. The van der Waals surface area contributed by atoms with Gasteiger partial charge in [0.25, 0.3) is 5.69 Å². The van der Waals surface area contributed by atoms with Crippen LogP contribution in [0.5, 0.6) is 0 Å². The standard InChI is InChI=1S/C12H15BrN2O3/c1-2-5-12(16)7-14(8-12)11-6-9(13)3-4-10(11)15(17)18/h3-4,6,16H,2,5,7-8H2,1H3. The maximum Gasteiger partial charge on any atom is 0.292 e. The third-order valence-electron chi connectivity index (χ3n) is 3.16. The van der Waals surface area contributed by atoms with E-state index in [0.29, 0.717) is 18.8 Å². The monoisotopic (exact) mass is 314 g/mol. The van der Waals surface area contributed by atoms with Crippen LogP contribution in [0, 0.1) is 10.1 Å². The number of aliphatic hydroxyl groups is 1. The highest BCUT2D eigenvalue weighted by atomic mass is 79.9. The molecule has 18 heavy (non-hydrogen) atoms. The van der Waals surface area contributed by atoms with Crippen molar-refractivity contribution >= 4 is 27.3 Å². The van der Waals surface area contributed by atoms with Crippen LogP contribution < -0.4 is 4.90 Å². The van der Waals surface area contributed by atoms with Crippen molar-refractivity contribution in [2.75, 3.05) is 18.0 Å². The zero-order valence-corrected chi connectivity index (χ0v) is 11.7. The SMILES string of the molecule is CCCC1(O)CN(c2cc(Br)ccc2[N+](=O)[O-])C1. The minimum absolute atomic E-state index is 0.0803. The molecule has 1 N–H and O–H groups in total. The van der Waals surface area contributed by atoms with Gasteiger partial charge in [-0.2, -0.15) is 0 Å². The summed E-state index contributed by atoms with van der Waals surface area (Å²) in [6, 6.07) is 4.86. The van der Waals surface area contributed by atoms with Gasteiger partial charge >= 0.3 is 0 Å². The summed E-state index contributed by atoms with van der Waals surface area (Å²) < 4.78 is 0.800. The van der Waals surface area contributed by atoms with E-state index in [0.717, 1.165) is 17.3 Å². The van der Waals surface area contributed by atoms with Crippen LogP contribution in [0.1, 0.15) is 19.8 Å². The predicted molar refractivity (Wildman–Crippen MR) is 72.9 cm³/mol. The van der Waals surface area contributed by atoms with Gasteiger partial charge in [-0.25, -0.2) is 0 Å². The first-order valence-corrected chi connectivity index (χ1v) is 6.66. The molecular weight excluding hydrogens is 300 g/mol. The summed E-state index contributed by atoms with van der Waals surface area (Å²) in [5.41, 5.74) is -0.0443. The molecule has 0 aliphatic carbocycles. The van der Waals surface area contributed by atoms with Gasteiger partial charge < -0.3 is 10.0 Å². The zero-order chi connectivity index (χ0) is 13.3. The number of nitrogens with zero attached hydrogens (tertiary/aromatic N) is 2. The fraction of sp³-hybridized carbons (Fsp3) is 0.500. The lowest BCUT2D eigenvalue weighted by atomic mass is 9.88. The van der Waals surface area contributed by atoms with Gasteiger partial charge in [0.15, 0.2) is 0 Å². The van der Waals surface area contributed by atoms with Crippen LogP contribution in [-0.2, 0) is 0 Å². The van der Waals surface area contributed by atoms with E-state index in [9.17, 15) is 15.2 Å². The molecule has 0 spiro atoms. The maximum atomic E-state index is 11.0. The van der Waals surface area contributed by atoms with Crippen molar-refractivity contribution in [2.24, 2.45) is 0 Å². The van der Waals surface area contributed by atoms with E-state index in [-0.39, 0.29) is 10.6 Å². The van der Waals surface area contributed by atoms with Crippen LogP contribution in [0.4, 0.5) is 11.4 Å². The Balaban J connectivity index is 2.20. The van der Waals surface area contributed by atoms with E-state index in [4.69, 9.17) is 0 Å². The minimum Gasteiger partial charge on any atom is -0.386 e. The van der Waals surface area contributed by atoms with Crippen LogP contribution in [0.3, 0.4) is 0 Å². The lowest BCUT2D eigenvalue weighted by molar-refractivity contribution is -0.384. The lowest BCUT2D eigenvalue weighted by Gasteiger charge is -2.47. The van der Waals surface area contributed by atoms with Gasteiger partial charge in [-0.1, -0.05) is 29.3 Å². The van der Waals surface area contributed by atoms with Gasteiger partial charge in [0.05, 0.1) is 10.5 Å². The number of benzene rings is 1. The van der Waals surface area contributed by atoms with E-state index in [1.807, 2.05) is 11.8 Å². The molecule has 0 amide bonds. The second-order valence-electron chi connectivity index (χ2n) is 4.72. The molecule has 0 saturated carbocycles. The summed E-state index contributed by atoms with van der Waals surface area (Å²) in [5.74, 6) is 0. The van der Waals surface area contributed by atoms with Gasteiger partial charge in [-0.15, -0.1) is 0 Å². The summed E-state index contributed by atoms with van der Waals surface area (Å²) in [7, 11) is 0. The van der Waals surface area contributed by atoms with Gasteiger partial charge in [-0.05, 0) is 18.6 Å². The van der Waals surface area contributed by atoms with E-state index < -0.39 is 5.60 Å². The third kappa shape index (κ3) is 2.49. The van der Waals surface area contributed by atoms with Crippen molar-refractivity contribution in [3.05, 3.63) is 32.8 Å². The minimum atomic E-state index is -0.690. The highest BCUT2D eigenvalue weighted by Gasteiger charge is 2.42.